The number of hydrogen-bond acceptors (Lipinski definition) is 3. The molecule has 0 saturated carbocycles. The first-order valence-electron chi connectivity index (χ1n) is 6.91. The first-order valence-corrected chi connectivity index (χ1v) is 7.66. The van der Waals surface area contributed by atoms with Crippen LogP contribution in [-0.4, -0.2) is 17.4 Å². The molecule has 2 N–H and O–H groups in total. The van der Waals surface area contributed by atoms with Crippen molar-refractivity contribution in [1.82, 2.24) is 10.3 Å². The molecule has 0 spiro atoms. The molecule has 0 aliphatic heterocycles. The van der Waals surface area contributed by atoms with Crippen LogP contribution in [0.5, 0.6) is 0 Å². The summed E-state index contributed by atoms with van der Waals surface area (Å²) < 4.78 is 0. The number of amides is 1. The van der Waals surface area contributed by atoms with Gasteiger partial charge < -0.3 is 10.6 Å². The molecular formula is C16H17Cl2N3O. The molecule has 1 heterocycles. The van der Waals surface area contributed by atoms with Gasteiger partial charge in [0.15, 0.2) is 0 Å². The van der Waals surface area contributed by atoms with Crippen LogP contribution in [0.2, 0.25) is 10.0 Å². The molecule has 0 atom stereocenters. The van der Waals surface area contributed by atoms with Gasteiger partial charge in [-0.1, -0.05) is 37.0 Å². The SMILES string of the molecule is CC(C)CNC(=O)c1cncc(Nc2ccc(Cl)cc2Cl)c1. The van der Waals surface area contributed by atoms with Crippen LogP contribution in [0.3, 0.4) is 0 Å². The van der Waals surface area contributed by atoms with E-state index in [4.69, 9.17) is 23.2 Å². The van der Waals surface area contributed by atoms with Gasteiger partial charge in [-0.05, 0) is 30.2 Å². The lowest BCUT2D eigenvalue weighted by Crippen LogP contribution is -2.27. The quantitative estimate of drug-likeness (QED) is 0.843. The number of pyridine rings is 1. The summed E-state index contributed by atoms with van der Waals surface area (Å²) in [6.45, 7) is 4.71. The topological polar surface area (TPSA) is 54.0 Å². The van der Waals surface area contributed by atoms with E-state index in [0.29, 0.717) is 39.4 Å². The molecule has 0 aliphatic carbocycles. The predicted molar refractivity (Wildman–Crippen MR) is 91.2 cm³/mol. The number of nitrogens with zero attached hydrogens (tertiary/aromatic N) is 1. The molecule has 0 unspecified atom stereocenters. The maximum Gasteiger partial charge on any atom is 0.252 e. The van der Waals surface area contributed by atoms with Crippen LogP contribution in [0, 0.1) is 5.92 Å². The van der Waals surface area contributed by atoms with Gasteiger partial charge in [0.1, 0.15) is 0 Å². The molecule has 1 aromatic carbocycles. The lowest BCUT2D eigenvalue weighted by molar-refractivity contribution is 0.0948. The molecule has 0 radical (unpaired) electrons. The van der Waals surface area contributed by atoms with Crippen molar-refractivity contribution >= 4 is 40.5 Å². The Labute approximate surface area is 139 Å². The Morgan fingerprint density at radius 1 is 1.23 bits per heavy atom. The highest BCUT2D eigenvalue weighted by Crippen LogP contribution is 2.28. The third-order valence-electron chi connectivity index (χ3n) is 2.88. The minimum atomic E-state index is -0.146. The van der Waals surface area contributed by atoms with Crippen LogP contribution in [-0.2, 0) is 0 Å². The zero-order chi connectivity index (χ0) is 16.1. The van der Waals surface area contributed by atoms with Gasteiger partial charge in [0.25, 0.3) is 5.91 Å². The minimum absolute atomic E-state index is 0.146. The van der Waals surface area contributed by atoms with Gasteiger partial charge in [0.05, 0.1) is 28.2 Å². The third-order valence-corrected chi connectivity index (χ3v) is 3.43. The molecular weight excluding hydrogens is 321 g/mol. The van der Waals surface area contributed by atoms with Crippen molar-refractivity contribution < 1.29 is 4.79 Å². The second kappa shape index (κ2) is 7.47. The zero-order valence-electron chi connectivity index (χ0n) is 12.4. The Hall–Kier alpha value is -1.78. The van der Waals surface area contributed by atoms with Gasteiger partial charge in [-0.15, -0.1) is 0 Å². The summed E-state index contributed by atoms with van der Waals surface area (Å²) in [6, 6.07) is 6.89. The molecule has 22 heavy (non-hydrogen) atoms. The van der Waals surface area contributed by atoms with E-state index in [1.165, 1.54) is 6.20 Å². The molecule has 2 aromatic rings. The average Bonchev–Trinajstić information content (AvgIpc) is 2.48. The van der Waals surface area contributed by atoms with Crippen LogP contribution in [0.1, 0.15) is 24.2 Å². The molecule has 1 aromatic heterocycles. The van der Waals surface area contributed by atoms with E-state index in [1.54, 1.807) is 30.5 Å². The monoisotopic (exact) mass is 337 g/mol. The third kappa shape index (κ3) is 4.61. The van der Waals surface area contributed by atoms with Crippen LogP contribution in [0.4, 0.5) is 11.4 Å². The van der Waals surface area contributed by atoms with E-state index in [-0.39, 0.29) is 5.91 Å². The number of anilines is 2. The van der Waals surface area contributed by atoms with Crippen molar-refractivity contribution in [2.75, 3.05) is 11.9 Å². The summed E-state index contributed by atoms with van der Waals surface area (Å²) in [5, 5.41) is 7.05. The summed E-state index contributed by atoms with van der Waals surface area (Å²) in [7, 11) is 0. The average molecular weight is 338 g/mol. The van der Waals surface area contributed by atoms with Crippen molar-refractivity contribution in [1.29, 1.82) is 0 Å². The smallest absolute Gasteiger partial charge is 0.252 e. The summed E-state index contributed by atoms with van der Waals surface area (Å²) in [4.78, 5) is 16.1. The van der Waals surface area contributed by atoms with E-state index in [0.717, 1.165) is 0 Å². The molecule has 0 fully saturated rings. The van der Waals surface area contributed by atoms with E-state index in [2.05, 4.69) is 15.6 Å². The van der Waals surface area contributed by atoms with Crippen LogP contribution in [0.25, 0.3) is 0 Å². The maximum atomic E-state index is 12.0. The number of hydrogen-bond donors (Lipinski definition) is 2. The standard InChI is InChI=1S/C16H17Cl2N3O/c1-10(2)7-20-16(22)11-5-13(9-19-8-11)21-15-4-3-12(17)6-14(15)18/h3-6,8-10,21H,7H2,1-2H3,(H,20,22). The largest absolute Gasteiger partial charge is 0.353 e. The maximum absolute atomic E-state index is 12.0. The van der Waals surface area contributed by atoms with Gasteiger partial charge in [0, 0.05) is 17.8 Å². The van der Waals surface area contributed by atoms with Crippen molar-refractivity contribution in [2.24, 2.45) is 5.92 Å². The molecule has 0 saturated heterocycles. The Balaban J connectivity index is 2.12. The first kappa shape index (κ1) is 16.6. The normalized spacial score (nSPS) is 10.6. The van der Waals surface area contributed by atoms with Gasteiger partial charge in [-0.2, -0.15) is 0 Å². The number of nitrogens with one attached hydrogen (secondary N) is 2. The Bertz CT molecular complexity index is 674. The number of carbonyl (C=O) groups is 1. The zero-order valence-corrected chi connectivity index (χ0v) is 13.9. The number of rotatable bonds is 5. The van der Waals surface area contributed by atoms with E-state index in [9.17, 15) is 4.79 Å². The Kier molecular flexibility index (Phi) is 5.63. The number of benzene rings is 1. The molecule has 2 rings (SSSR count). The van der Waals surface area contributed by atoms with Gasteiger partial charge in [0.2, 0.25) is 0 Å². The lowest BCUT2D eigenvalue weighted by Gasteiger charge is -2.11. The van der Waals surface area contributed by atoms with Crippen molar-refractivity contribution in [3.8, 4) is 0 Å². The van der Waals surface area contributed by atoms with Crippen molar-refractivity contribution in [3.05, 3.63) is 52.3 Å². The van der Waals surface area contributed by atoms with Crippen LogP contribution < -0.4 is 10.6 Å². The fourth-order valence-electron chi connectivity index (χ4n) is 1.78. The Morgan fingerprint density at radius 2 is 2.00 bits per heavy atom. The first-order chi connectivity index (χ1) is 10.5. The molecule has 4 nitrogen and oxygen atoms in total. The lowest BCUT2D eigenvalue weighted by atomic mass is 10.2. The summed E-state index contributed by atoms with van der Waals surface area (Å²) in [5.41, 5.74) is 1.88. The van der Waals surface area contributed by atoms with Crippen LogP contribution in [0.15, 0.2) is 36.7 Å². The molecule has 1 amide bonds. The summed E-state index contributed by atoms with van der Waals surface area (Å²) in [6.07, 6.45) is 3.16. The van der Waals surface area contributed by atoms with Gasteiger partial charge in [-0.3, -0.25) is 9.78 Å². The van der Waals surface area contributed by atoms with Crippen LogP contribution >= 0.6 is 23.2 Å². The van der Waals surface area contributed by atoms with E-state index in [1.807, 2.05) is 13.8 Å². The summed E-state index contributed by atoms with van der Waals surface area (Å²) >= 11 is 12.0. The second-order valence-corrected chi connectivity index (χ2v) is 6.16. The van der Waals surface area contributed by atoms with Crippen molar-refractivity contribution in [3.63, 3.8) is 0 Å². The predicted octanol–water partition coefficient (Wildman–Crippen LogP) is 4.52. The second-order valence-electron chi connectivity index (χ2n) is 5.32. The minimum Gasteiger partial charge on any atom is -0.353 e. The van der Waals surface area contributed by atoms with Gasteiger partial charge >= 0.3 is 0 Å². The van der Waals surface area contributed by atoms with E-state index >= 15 is 0 Å². The highest BCUT2D eigenvalue weighted by molar-refractivity contribution is 6.36. The molecule has 0 bridgehead atoms. The summed E-state index contributed by atoms with van der Waals surface area (Å²) in [5.74, 6) is 0.248. The highest BCUT2D eigenvalue weighted by atomic mass is 35.5. The van der Waals surface area contributed by atoms with Gasteiger partial charge in [-0.25, -0.2) is 0 Å². The fraction of sp³-hybridized carbons (Fsp3) is 0.250. The molecule has 6 heteroatoms. The highest BCUT2D eigenvalue weighted by Gasteiger charge is 2.08. The number of aromatic nitrogens is 1. The Morgan fingerprint density at radius 3 is 2.68 bits per heavy atom. The fourth-order valence-corrected chi connectivity index (χ4v) is 2.23. The number of halogens is 2. The molecule has 0 aliphatic rings. The van der Waals surface area contributed by atoms with E-state index < -0.39 is 0 Å². The van der Waals surface area contributed by atoms with Crippen molar-refractivity contribution in [2.45, 2.75) is 13.8 Å². The molecule has 116 valence electrons. The number of carbonyl (C=O) groups excluding carboxylic acids is 1.